The first-order chi connectivity index (χ1) is 7.78. The van der Waals surface area contributed by atoms with Crippen LogP contribution in [0.25, 0.3) is 0 Å². The Bertz CT molecular complexity index is 462. The van der Waals surface area contributed by atoms with Crippen LogP contribution in [0.15, 0.2) is 42.6 Å². The highest BCUT2D eigenvalue weighted by Gasteiger charge is 1.98. The van der Waals surface area contributed by atoms with Crippen molar-refractivity contribution in [3.05, 3.63) is 53.9 Å². The highest BCUT2D eigenvalue weighted by atomic mass is 16.5. The molecule has 2 aromatic rings. The van der Waals surface area contributed by atoms with Gasteiger partial charge >= 0.3 is 0 Å². The second-order valence-corrected chi connectivity index (χ2v) is 3.74. The molecule has 0 radical (unpaired) electrons. The zero-order valence-electron chi connectivity index (χ0n) is 9.60. The van der Waals surface area contributed by atoms with Gasteiger partial charge < -0.3 is 4.74 Å². The Kier molecular flexibility index (Phi) is 3.20. The predicted molar refractivity (Wildman–Crippen MR) is 64.9 cm³/mol. The summed E-state index contributed by atoms with van der Waals surface area (Å²) in [5.74, 6) is 1.64. The average molecular weight is 213 g/mol. The molecule has 2 heteroatoms. The Hall–Kier alpha value is -1.83. The summed E-state index contributed by atoms with van der Waals surface area (Å²) in [4.78, 5) is 4.19. The summed E-state index contributed by atoms with van der Waals surface area (Å²) in [6.07, 6.45) is 2.76. The number of pyridine rings is 1. The standard InChI is InChI=1S/C14H15NO/c1-3-12-5-4-6-13(9-12)16-14-8-7-11(2)15-10-14/h4-10H,3H2,1-2H3. The fourth-order valence-corrected chi connectivity index (χ4v) is 1.48. The van der Waals surface area contributed by atoms with E-state index in [1.54, 1.807) is 6.20 Å². The van der Waals surface area contributed by atoms with E-state index < -0.39 is 0 Å². The molecule has 0 saturated heterocycles. The van der Waals surface area contributed by atoms with Gasteiger partial charge in [-0.05, 0) is 43.2 Å². The van der Waals surface area contributed by atoms with Crippen molar-refractivity contribution in [3.63, 3.8) is 0 Å². The maximum Gasteiger partial charge on any atom is 0.145 e. The Morgan fingerprint density at radius 3 is 2.69 bits per heavy atom. The maximum atomic E-state index is 5.71. The lowest BCUT2D eigenvalue weighted by molar-refractivity contribution is 0.479. The van der Waals surface area contributed by atoms with Gasteiger partial charge in [-0.3, -0.25) is 4.98 Å². The lowest BCUT2D eigenvalue weighted by Gasteiger charge is -2.06. The van der Waals surface area contributed by atoms with Crippen molar-refractivity contribution < 1.29 is 4.74 Å². The molecule has 0 N–H and O–H groups in total. The second-order valence-electron chi connectivity index (χ2n) is 3.74. The quantitative estimate of drug-likeness (QED) is 0.774. The molecular weight excluding hydrogens is 198 g/mol. The van der Waals surface area contributed by atoms with Crippen LogP contribution in [0.3, 0.4) is 0 Å². The molecule has 0 aliphatic rings. The van der Waals surface area contributed by atoms with Crippen LogP contribution in [0.5, 0.6) is 11.5 Å². The number of hydrogen-bond donors (Lipinski definition) is 0. The number of benzene rings is 1. The molecule has 82 valence electrons. The van der Waals surface area contributed by atoms with E-state index >= 15 is 0 Å². The first kappa shape index (κ1) is 10.7. The molecule has 0 aliphatic carbocycles. The van der Waals surface area contributed by atoms with Gasteiger partial charge in [0.15, 0.2) is 0 Å². The van der Waals surface area contributed by atoms with Gasteiger partial charge in [-0.25, -0.2) is 0 Å². The molecule has 16 heavy (non-hydrogen) atoms. The second kappa shape index (κ2) is 4.79. The van der Waals surface area contributed by atoms with Crippen LogP contribution < -0.4 is 4.74 Å². The molecule has 2 nitrogen and oxygen atoms in total. The molecule has 0 bridgehead atoms. The minimum absolute atomic E-state index is 0.777. The van der Waals surface area contributed by atoms with E-state index in [4.69, 9.17) is 4.74 Å². The van der Waals surface area contributed by atoms with Gasteiger partial charge in [-0.15, -0.1) is 0 Å². The molecule has 1 aromatic carbocycles. The number of aryl methyl sites for hydroxylation is 2. The zero-order valence-corrected chi connectivity index (χ0v) is 9.60. The topological polar surface area (TPSA) is 22.1 Å². The molecule has 1 heterocycles. The van der Waals surface area contributed by atoms with Gasteiger partial charge in [0.25, 0.3) is 0 Å². The normalized spacial score (nSPS) is 10.1. The van der Waals surface area contributed by atoms with E-state index in [-0.39, 0.29) is 0 Å². The van der Waals surface area contributed by atoms with Crippen molar-refractivity contribution in [1.29, 1.82) is 0 Å². The lowest BCUT2D eigenvalue weighted by atomic mass is 10.2. The van der Waals surface area contributed by atoms with E-state index in [9.17, 15) is 0 Å². The first-order valence-electron chi connectivity index (χ1n) is 5.47. The fraction of sp³-hybridized carbons (Fsp3) is 0.214. The minimum atomic E-state index is 0.777. The molecule has 2 rings (SSSR count). The zero-order chi connectivity index (χ0) is 11.4. The summed E-state index contributed by atoms with van der Waals surface area (Å²) in [6.45, 7) is 4.09. The van der Waals surface area contributed by atoms with E-state index in [1.807, 2.05) is 31.2 Å². The third-order valence-electron chi connectivity index (χ3n) is 2.43. The van der Waals surface area contributed by atoms with Crippen molar-refractivity contribution in [1.82, 2.24) is 4.98 Å². The highest BCUT2D eigenvalue weighted by molar-refractivity contribution is 5.33. The minimum Gasteiger partial charge on any atom is -0.456 e. The monoisotopic (exact) mass is 213 g/mol. The summed E-state index contributed by atoms with van der Waals surface area (Å²) in [5.41, 5.74) is 2.27. The molecule has 0 fully saturated rings. The summed E-state index contributed by atoms with van der Waals surface area (Å²) >= 11 is 0. The summed E-state index contributed by atoms with van der Waals surface area (Å²) in [5, 5.41) is 0. The van der Waals surface area contributed by atoms with Crippen molar-refractivity contribution in [3.8, 4) is 11.5 Å². The van der Waals surface area contributed by atoms with Crippen molar-refractivity contribution >= 4 is 0 Å². The van der Waals surface area contributed by atoms with E-state index in [2.05, 4.69) is 24.0 Å². The number of hydrogen-bond acceptors (Lipinski definition) is 2. The number of ether oxygens (including phenoxy) is 1. The van der Waals surface area contributed by atoms with Crippen LogP contribution in [0.1, 0.15) is 18.2 Å². The molecule has 0 atom stereocenters. The van der Waals surface area contributed by atoms with Gasteiger partial charge in [-0.1, -0.05) is 19.1 Å². The third-order valence-corrected chi connectivity index (χ3v) is 2.43. The largest absolute Gasteiger partial charge is 0.456 e. The smallest absolute Gasteiger partial charge is 0.145 e. The van der Waals surface area contributed by atoms with Crippen LogP contribution in [-0.4, -0.2) is 4.98 Å². The highest BCUT2D eigenvalue weighted by Crippen LogP contribution is 2.21. The Balaban J connectivity index is 2.16. The average Bonchev–Trinajstić information content (AvgIpc) is 2.32. The molecule has 0 saturated carbocycles. The third kappa shape index (κ3) is 2.60. The Morgan fingerprint density at radius 1 is 1.12 bits per heavy atom. The Labute approximate surface area is 95.9 Å². The van der Waals surface area contributed by atoms with Gasteiger partial charge in [-0.2, -0.15) is 0 Å². The summed E-state index contributed by atoms with van der Waals surface area (Å²) in [6, 6.07) is 12.0. The van der Waals surface area contributed by atoms with Gasteiger partial charge in [0.1, 0.15) is 11.5 Å². The molecule has 1 aromatic heterocycles. The van der Waals surface area contributed by atoms with Crippen molar-refractivity contribution in [2.75, 3.05) is 0 Å². The van der Waals surface area contributed by atoms with Crippen LogP contribution in [0, 0.1) is 6.92 Å². The molecule has 0 unspecified atom stereocenters. The molecule has 0 spiro atoms. The maximum absolute atomic E-state index is 5.71. The van der Waals surface area contributed by atoms with Crippen LogP contribution in [0.2, 0.25) is 0 Å². The van der Waals surface area contributed by atoms with Gasteiger partial charge in [0.2, 0.25) is 0 Å². The van der Waals surface area contributed by atoms with E-state index in [0.717, 1.165) is 23.6 Å². The van der Waals surface area contributed by atoms with E-state index in [1.165, 1.54) is 5.56 Å². The number of rotatable bonds is 3. The van der Waals surface area contributed by atoms with Crippen LogP contribution in [-0.2, 0) is 6.42 Å². The summed E-state index contributed by atoms with van der Waals surface area (Å²) < 4.78 is 5.71. The van der Waals surface area contributed by atoms with Crippen molar-refractivity contribution in [2.24, 2.45) is 0 Å². The SMILES string of the molecule is CCc1cccc(Oc2ccc(C)nc2)c1. The van der Waals surface area contributed by atoms with E-state index in [0.29, 0.717) is 0 Å². The lowest BCUT2D eigenvalue weighted by Crippen LogP contribution is -1.88. The number of nitrogens with zero attached hydrogens (tertiary/aromatic N) is 1. The molecule has 0 amide bonds. The summed E-state index contributed by atoms with van der Waals surface area (Å²) in [7, 11) is 0. The van der Waals surface area contributed by atoms with Gasteiger partial charge in [0, 0.05) is 5.69 Å². The fourth-order valence-electron chi connectivity index (χ4n) is 1.48. The Morgan fingerprint density at radius 2 is 2.00 bits per heavy atom. The first-order valence-corrected chi connectivity index (χ1v) is 5.47. The van der Waals surface area contributed by atoms with Gasteiger partial charge in [0.05, 0.1) is 6.20 Å². The van der Waals surface area contributed by atoms with Crippen LogP contribution in [0.4, 0.5) is 0 Å². The molecular formula is C14H15NO. The van der Waals surface area contributed by atoms with Crippen molar-refractivity contribution in [2.45, 2.75) is 20.3 Å². The predicted octanol–water partition coefficient (Wildman–Crippen LogP) is 3.74. The number of aromatic nitrogens is 1. The molecule has 0 aliphatic heterocycles. The van der Waals surface area contributed by atoms with Crippen LogP contribution >= 0.6 is 0 Å².